The van der Waals surface area contributed by atoms with Gasteiger partial charge in [-0.3, -0.25) is 19.7 Å². The van der Waals surface area contributed by atoms with Crippen molar-refractivity contribution in [3.63, 3.8) is 0 Å². The second-order valence-corrected chi connectivity index (χ2v) is 6.54. The fourth-order valence-corrected chi connectivity index (χ4v) is 4.08. The van der Waals surface area contributed by atoms with E-state index in [0.717, 1.165) is 12.8 Å². The number of hydrogen-bond acceptors (Lipinski definition) is 4. The number of halogens is 1. The maximum absolute atomic E-state index is 12.7. The van der Waals surface area contributed by atoms with Crippen LogP contribution in [-0.2, 0) is 4.79 Å². The molecule has 7 nitrogen and oxygen atoms in total. The Morgan fingerprint density at radius 3 is 2.78 bits per heavy atom. The monoisotopic (exact) mass is 338 g/mol. The standard InChI is InChI=1S/C15H15ClN2O5/c16-11-5-1-4-10(12(11)18(22)23)13(19)17-7-9-3-2-6-15(9,8-17)14(20)21/h1,4-5,9H,2-3,6-8H2,(H,20,21)/t9-,15+/m0/s1. The van der Waals surface area contributed by atoms with E-state index in [1.54, 1.807) is 0 Å². The van der Waals surface area contributed by atoms with Crippen LogP contribution in [0.15, 0.2) is 18.2 Å². The summed E-state index contributed by atoms with van der Waals surface area (Å²) in [7, 11) is 0. The van der Waals surface area contributed by atoms with Crippen LogP contribution in [0.2, 0.25) is 5.02 Å². The molecular weight excluding hydrogens is 324 g/mol. The lowest BCUT2D eigenvalue weighted by Gasteiger charge is -2.23. The zero-order valence-corrected chi connectivity index (χ0v) is 13.0. The first kappa shape index (κ1) is 15.7. The van der Waals surface area contributed by atoms with Crippen molar-refractivity contribution >= 4 is 29.2 Å². The molecule has 8 heteroatoms. The Balaban J connectivity index is 1.93. The van der Waals surface area contributed by atoms with Crippen molar-refractivity contribution in [1.82, 2.24) is 4.90 Å². The number of nitro groups is 1. The van der Waals surface area contributed by atoms with Gasteiger partial charge in [-0.1, -0.05) is 24.1 Å². The zero-order valence-electron chi connectivity index (χ0n) is 12.2. The van der Waals surface area contributed by atoms with Gasteiger partial charge in [-0.2, -0.15) is 0 Å². The third-order valence-corrected chi connectivity index (χ3v) is 5.29. The van der Waals surface area contributed by atoms with E-state index in [4.69, 9.17) is 11.6 Å². The number of hydrogen-bond donors (Lipinski definition) is 1. The molecule has 1 N–H and O–H groups in total. The maximum Gasteiger partial charge on any atom is 0.311 e. The molecular formula is C15H15ClN2O5. The van der Waals surface area contributed by atoms with E-state index >= 15 is 0 Å². The van der Waals surface area contributed by atoms with Crippen LogP contribution in [0.25, 0.3) is 0 Å². The van der Waals surface area contributed by atoms with Crippen LogP contribution in [-0.4, -0.2) is 39.9 Å². The van der Waals surface area contributed by atoms with Crippen molar-refractivity contribution in [2.24, 2.45) is 11.3 Å². The molecule has 1 aromatic carbocycles. The van der Waals surface area contributed by atoms with Crippen molar-refractivity contribution < 1.29 is 19.6 Å². The van der Waals surface area contributed by atoms with E-state index in [1.807, 2.05) is 0 Å². The number of carbonyl (C=O) groups excluding carboxylic acids is 1. The van der Waals surface area contributed by atoms with E-state index in [0.29, 0.717) is 13.0 Å². The number of para-hydroxylation sites is 1. The number of nitro benzene ring substituents is 1. The quantitative estimate of drug-likeness (QED) is 0.674. The average molecular weight is 339 g/mol. The Labute approximate surface area is 137 Å². The Morgan fingerprint density at radius 1 is 1.43 bits per heavy atom. The van der Waals surface area contributed by atoms with E-state index in [1.165, 1.54) is 23.1 Å². The smallest absolute Gasteiger partial charge is 0.311 e. The van der Waals surface area contributed by atoms with Crippen LogP contribution >= 0.6 is 11.6 Å². The molecule has 1 aromatic rings. The first-order valence-electron chi connectivity index (χ1n) is 7.32. The topological polar surface area (TPSA) is 101 Å². The molecule has 2 fully saturated rings. The number of fused-ring (bicyclic) bond motifs is 1. The van der Waals surface area contributed by atoms with Crippen LogP contribution in [0.3, 0.4) is 0 Å². The Morgan fingerprint density at radius 2 is 2.17 bits per heavy atom. The molecule has 0 aromatic heterocycles. The van der Waals surface area contributed by atoms with E-state index in [9.17, 15) is 24.8 Å². The number of carboxylic acids is 1. The van der Waals surface area contributed by atoms with Gasteiger partial charge in [0.25, 0.3) is 5.91 Å². The Bertz CT molecular complexity index is 707. The summed E-state index contributed by atoms with van der Waals surface area (Å²) in [5.41, 5.74) is -1.44. The van der Waals surface area contributed by atoms with Gasteiger partial charge in [0.2, 0.25) is 0 Å². The third-order valence-electron chi connectivity index (χ3n) is 4.98. The summed E-state index contributed by atoms with van der Waals surface area (Å²) in [5.74, 6) is -1.52. The van der Waals surface area contributed by atoms with E-state index in [2.05, 4.69) is 0 Å². The molecule has 0 bridgehead atoms. The minimum atomic E-state index is -0.914. The van der Waals surface area contributed by atoms with Crippen molar-refractivity contribution in [2.75, 3.05) is 13.1 Å². The van der Waals surface area contributed by atoms with Gasteiger partial charge in [-0.05, 0) is 30.9 Å². The predicted octanol–water partition coefficient (Wildman–Crippen LogP) is 2.58. The molecule has 122 valence electrons. The highest BCUT2D eigenvalue weighted by Gasteiger charge is 2.56. The minimum Gasteiger partial charge on any atom is -0.481 e. The van der Waals surface area contributed by atoms with Gasteiger partial charge in [-0.15, -0.1) is 0 Å². The number of carbonyl (C=O) groups is 2. The maximum atomic E-state index is 12.7. The lowest BCUT2D eigenvalue weighted by molar-refractivity contribution is -0.385. The number of nitrogens with zero attached hydrogens (tertiary/aromatic N) is 2. The van der Waals surface area contributed by atoms with Gasteiger partial charge in [0, 0.05) is 13.1 Å². The van der Waals surface area contributed by atoms with Gasteiger partial charge in [0.15, 0.2) is 0 Å². The molecule has 0 unspecified atom stereocenters. The predicted molar refractivity (Wildman–Crippen MR) is 81.4 cm³/mol. The summed E-state index contributed by atoms with van der Waals surface area (Å²) in [4.78, 5) is 36.3. The molecule has 2 aliphatic rings. The molecule has 23 heavy (non-hydrogen) atoms. The highest BCUT2D eigenvalue weighted by Crippen LogP contribution is 2.49. The van der Waals surface area contributed by atoms with Crippen LogP contribution in [0.5, 0.6) is 0 Å². The lowest BCUT2D eigenvalue weighted by Crippen LogP contribution is -2.37. The lowest BCUT2D eigenvalue weighted by atomic mass is 9.81. The molecule has 3 rings (SSSR count). The number of rotatable bonds is 3. The molecule has 1 aliphatic carbocycles. The summed E-state index contributed by atoms with van der Waals surface area (Å²) >= 11 is 5.84. The van der Waals surface area contributed by atoms with Gasteiger partial charge in [0.1, 0.15) is 10.6 Å². The zero-order chi connectivity index (χ0) is 16.8. The van der Waals surface area contributed by atoms with Crippen LogP contribution < -0.4 is 0 Å². The average Bonchev–Trinajstić information content (AvgIpc) is 3.03. The second-order valence-electron chi connectivity index (χ2n) is 6.13. The normalized spacial score (nSPS) is 26.1. The number of benzene rings is 1. The molecule has 0 radical (unpaired) electrons. The van der Waals surface area contributed by atoms with Crippen molar-refractivity contribution in [1.29, 1.82) is 0 Å². The minimum absolute atomic E-state index is 0.0928. The van der Waals surface area contributed by atoms with Gasteiger partial charge < -0.3 is 10.0 Å². The number of carboxylic acid groups (broad SMARTS) is 1. The Hall–Kier alpha value is -2.15. The van der Waals surface area contributed by atoms with Crippen LogP contribution in [0, 0.1) is 21.4 Å². The number of aliphatic carboxylic acids is 1. The summed E-state index contributed by atoms with van der Waals surface area (Å²) < 4.78 is 0. The highest BCUT2D eigenvalue weighted by atomic mass is 35.5. The Kier molecular flexibility index (Phi) is 3.75. The summed E-state index contributed by atoms with van der Waals surface area (Å²) in [6, 6.07) is 4.19. The molecule has 2 atom stereocenters. The number of amides is 1. The van der Waals surface area contributed by atoms with Crippen molar-refractivity contribution in [3.8, 4) is 0 Å². The molecule has 1 aliphatic heterocycles. The van der Waals surface area contributed by atoms with Crippen molar-refractivity contribution in [2.45, 2.75) is 19.3 Å². The first-order chi connectivity index (χ1) is 10.9. The molecule has 1 saturated heterocycles. The third kappa shape index (κ3) is 2.35. The second kappa shape index (κ2) is 5.49. The summed E-state index contributed by atoms with van der Waals surface area (Å²) in [6.07, 6.45) is 2.12. The molecule has 1 heterocycles. The highest BCUT2D eigenvalue weighted by molar-refractivity contribution is 6.33. The van der Waals surface area contributed by atoms with Crippen LogP contribution in [0.1, 0.15) is 29.6 Å². The summed E-state index contributed by atoms with van der Waals surface area (Å²) in [5, 5.41) is 20.6. The van der Waals surface area contributed by atoms with E-state index in [-0.39, 0.29) is 23.0 Å². The first-order valence-corrected chi connectivity index (χ1v) is 7.70. The molecule has 0 spiro atoms. The fourth-order valence-electron chi connectivity index (χ4n) is 3.84. The van der Waals surface area contributed by atoms with Gasteiger partial charge in [-0.25, -0.2) is 0 Å². The van der Waals surface area contributed by atoms with Crippen LogP contribution in [0.4, 0.5) is 5.69 Å². The SMILES string of the molecule is O=C(c1cccc(Cl)c1[N+](=O)[O-])N1C[C@@H]2CCC[C@@]2(C(=O)O)C1. The molecule has 1 amide bonds. The number of likely N-dealkylation sites (tertiary alicyclic amines) is 1. The van der Waals surface area contributed by atoms with Gasteiger partial charge >= 0.3 is 11.7 Å². The fraction of sp³-hybridized carbons (Fsp3) is 0.467. The van der Waals surface area contributed by atoms with E-state index < -0.39 is 27.9 Å². The largest absolute Gasteiger partial charge is 0.481 e. The summed E-state index contributed by atoms with van der Waals surface area (Å²) in [6.45, 7) is 0.407. The van der Waals surface area contributed by atoms with Crippen molar-refractivity contribution in [3.05, 3.63) is 38.9 Å². The molecule has 1 saturated carbocycles. The van der Waals surface area contributed by atoms with Gasteiger partial charge in [0.05, 0.1) is 10.3 Å².